The monoisotopic (exact) mass is 347 g/mol. The van der Waals surface area contributed by atoms with E-state index in [1.165, 1.54) is 16.4 Å². The average Bonchev–Trinajstić information content (AvgIpc) is 2.41. The number of hydrogen-bond donors (Lipinski definition) is 1. The first kappa shape index (κ1) is 16.6. The maximum Gasteiger partial charge on any atom is 0.244 e. The second kappa shape index (κ2) is 6.18. The van der Waals surface area contributed by atoms with Crippen molar-refractivity contribution < 1.29 is 8.42 Å². The summed E-state index contributed by atoms with van der Waals surface area (Å²) in [5, 5.41) is 0.145. The van der Waals surface area contributed by atoms with E-state index in [1.54, 1.807) is 6.07 Å². The number of hydrogen-bond acceptors (Lipinski definition) is 4. The van der Waals surface area contributed by atoms with Gasteiger partial charge in [0.05, 0.1) is 5.02 Å². The molecule has 2 N–H and O–H groups in total. The van der Waals surface area contributed by atoms with Gasteiger partial charge in [-0.25, -0.2) is 8.42 Å². The van der Waals surface area contributed by atoms with Crippen LogP contribution in [0.5, 0.6) is 0 Å². The SMILES string of the molecule is CC1CN(S(=O)(=O)c2ccc(C(N)=S)cc2Cl)CCN1C. The van der Waals surface area contributed by atoms with Crippen molar-refractivity contribution in [1.29, 1.82) is 0 Å². The highest BCUT2D eigenvalue weighted by molar-refractivity contribution is 7.89. The van der Waals surface area contributed by atoms with Crippen LogP contribution in [-0.4, -0.2) is 55.3 Å². The van der Waals surface area contributed by atoms with Gasteiger partial charge < -0.3 is 10.6 Å². The number of rotatable bonds is 3. The summed E-state index contributed by atoms with van der Waals surface area (Å²) in [6.07, 6.45) is 0. The maximum absolute atomic E-state index is 12.7. The number of benzene rings is 1. The fraction of sp³-hybridized carbons (Fsp3) is 0.462. The van der Waals surface area contributed by atoms with Gasteiger partial charge in [0, 0.05) is 31.2 Å². The van der Waals surface area contributed by atoms with E-state index in [-0.39, 0.29) is 20.9 Å². The zero-order valence-electron chi connectivity index (χ0n) is 11.9. The van der Waals surface area contributed by atoms with Gasteiger partial charge in [-0.3, -0.25) is 0 Å². The molecule has 1 aromatic rings. The number of piperazine rings is 1. The van der Waals surface area contributed by atoms with Gasteiger partial charge in [0.2, 0.25) is 10.0 Å². The number of thiocarbonyl (C=S) groups is 1. The van der Waals surface area contributed by atoms with Crippen LogP contribution in [0.2, 0.25) is 5.02 Å². The van der Waals surface area contributed by atoms with Crippen molar-refractivity contribution in [2.24, 2.45) is 5.73 Å². The largest absolute Gasteiger partial charge is 0.389 e. The summed E-state index contributed by atoms with van der Waals surface area (Å²) in [5.41, 5.74) is 6.08. The fourth-order valence-electron chi connectivity index (χ4n) is 2.24. The number of nitrogens with two attached hydrogens (primary N) is 1. The van der Waals surface area contributed by atoms with E-state index >= 15 is 0 Å². The summed E-state index contributed by atoms with van der Waals surface area (Å²) in [4.78, 5) is 2.42. The third-order valence-electron chi connectivity index (χ3n) is 3.76. The highest BCUT2D eigenvalue weighted by Crippen LogP contribution is 2.27. The third-order valence-corrected chi connectivity index (χ3v) is 6.34. The third kappa shape index (κ3) is 3.37. The minimum atomic E-state index is -3.60. The summed E-state index contributed by atoms with van der Waals surface area (Å²) in [6.45, 7) is 3.60. The van der Waals surface area contributed by atoms with Gasteiger partial charge in [0.15, 0.2) is 0 Å². The minimum Gasteiger partial charge on any atom is -0.389 e. The molecule has 1 aliphatic rings. The van der Waals surface area contributed by atoms with E-state index in [9.17, 15) is 8.42 Å². The van der Waals surface area contributed by atoms with Crippen molar-refractivity contribution in [2.75, 3.05) is 26.7 Å². The molecule has 0 bridgehead atoms. The molecule has 5 nitrogen and oxygen atoms in total. The fourth-order valence-corrected chi connectivity index (χ4v) is 4.39. The lowest BCUT2D eigenvalue weighted by molar-refractivity contribution is 0.159. The van der Waals surface area contributed by atoms with Crippen molar-refractivity contribution >= 4 is 38.8 Å². The van der Waals surface area contributed by atoms with Crippen LogP contribution in [0.4, 0.5) is 0 Å². The molecule has 1 atom stereocenters. The zero-order chi connectivity index (χ0) is 15.8. The second-order valence-corrected chi connectivity index (χ2v) is 7.96. The summed E-state index contributed by atoms with van der Waals surface area (Å²) in [7, 11) is -1.62. The van der Waals surface area contributed by atoms with Crippen molar-refractivity contribution in [3.05, 3.63) is 28.8 Å². The average molecular weight is 348 g/mol. The van der Waals surface area contributed by atoms with E-state index in [2.05, 4.69) is 4.90 Å². The molecule has 1 aliphatic heterocycles. The number of sulfonamides is 1. The van der Waals surface area contributed by atoms with Gasteiger partial charge in [-0.15, -0.1) is 0 Å². The van der Waals surface area contributed by atoms with Gasteiger partial charge in [0.25, 0.3) is 0 Å². The Bertz CT molecular complexity index is 663. The Morgan fingerprint density at radius 1 is 1.43 bits per heavy atom. The predicted molar refractivity (Wildman–Crippen MR) is 88.2 cm³/mol. The van der Waals surface area contributed by atoms with Crippen LogP contribution in [-0.2, 0) is 10.0 Å². The van der Waals surface area contributed by atoms with E-state index in [0.29, 0.717) is 25.2 Å². The van der Waals surface area contributed by atoms with Gasteiger partial charge in [-0.05, 0) is 26.1 Å². The maximum atomic E-state index is 12.7. The van der Waals surface area contributed by atoms with Gasteiger partial charge in [0.1, 0.15) is 9.88 Å². The molecule has 0 spiro atoms. The van der Waals surface area contributed by atoms with Crippen LogP contribution in [0, 0.1) is 0 Å². The molecule has 0 radical (unpaired) electrons. The van der Waals surface area contributed by atoms with Gasteiger partial charge in [-0.2, -0.15) is 4.31 Å². The molecule has 116 valence electrons. The number of likely N-dealkylation sites (N-methyl/N-ethyl adjacent to an activating group) is 1. The van der Waals surface area contributed by atoms with E-state index in [4.69, 9.17) is 29.6 Å². The minimum absolute atomic E-state index is 0.0981. The smallest absolute Gasteiger partial charge is 0.244 e. The number of halogens is 1. The van der Waals surface area contributed by atoms with Crippen molar-refractivity contribution in [3.63, 3.8) is 0 Å². The molecule has 1 unspecified atom stereocenters. The molecule has 2 rings (SSSR count). The molecule has 0 saturated carbocycles. The van der Waals surface area contributed by atoms with Crippen molar-refractivity contribution in [3.8, 4) is 0 Å². The number of nitrogens with zero attached hydrogens (tertiary/aromatic N) is 2. The van der Waals surface area contributed by atoms with Crippen molar-refractivity contribution in [1.82, 2.24) is 9.21 Å². The second-order valence-electron chi connectivity index (χ2n) is 5.20. The van der Waals surface area contributed by atoms with Crippen LogP contribution in [0.3, 0.4) is 0 Å². The topological polar surface area (TPSA) is 66.6 Å². The molecule has 1 saturated heterocycles. The Labute approximate surface area is 135 Å². The van der Waals surface area contributed by atoms with Crippen LogP contribution >= 0.6 is 23.8 Å². The first-order valence-corrected chi connectivity index (χ1v) is 8.76. The molecule has 1 fully saturated rings. The van der Waals surface area contributed by atoms with Crippen molar-refractivity contribution in [2.45, 2.75) is 17.9 Å². The Hall–Kier alpha value is -0.730. The Kier molecular flexibility index (Phi) is 4.89. The molecule has 0 aromatic heterocycles. The summed E-state index contributed by atoms with van der Waals surface area (Å²) in [6, 6.07) is 4.72. The predicted octanol–water partition coefficient (Wildman–Crippen LogP) is 1.30. The lowest BCUT2D eigenvalue weighted by atomic mass is 10.2. The molecular weight excluding hydrogens is 330 g/mol. The van der Waals surface area contributed by atoms with E-state index < -0.39 is 10.0 Å². The Morgan fingerprint density at radius 3 is 2.62 bits per heavy atom. The lowest BCUT2D eigenvalue weighted by Crippen LogP contribution is -2.51. The van der Waals surface area contributed by atoms with Crippen LogP contribution in [0.1, 0.15) is 12.5 Å². The molecule has 8 heteroatoms. The molecule has 1 heterocycles. The molecule has 1 aromatic carbocycles. The molecule has 0 amide bonds. The summed E-state index contributed by atoms with van der Waals surface area (Å²) >= 11 is 11.0. The zero-order valence-corrected chi connectivity index (χ0v) is 14.3. The van der Waals surface area contributed by atoms with Crippen LogP contribution in [0.15, 0.2) is 23.1 Å². The highest BCUT2D eigenvalue weighted by Gasteiger charge is 2.32. The van der Waals surface area contributed by atoms with E-state index in [1.807, 2.05) is 14.0 Å². The Morgan fingerprint density at radius 2 is 2.10 bits per heavy atom. The highest BCUT2D eigenvalue weighted by atomic mass is 35.5. The summed E-state index contributed by atoms with van der Waals surface area (Å²) < 4.78 is 26.9. The molecule has 21 heavy (non-hydrogen) atoms. The van der Waals surface area contributed by atoms with Crippen LogP contribution < -0.4 is 5.73 Å². The van der Waals surface area contributed by atoms with Crippen LogP contribution in [0.25, 0.3) is 0 Å². The van der Waals surface area contributed by atoms with Gasteiger partial charge in [-0.1, -0.05) is 29.9 Å². The quantitative estimate of drug-likeness (QED) is 0.835. The summed E-state index contributed by atoms with van der Waals surface area (Å²) in [5.74, 6) is 0. The molecule has 0 aliphatic carbocycles. The Balaban J connectivity index is 2.34. The van der Waals surface area contributed by atoms with E-state index in [0.717, 1.165) is 0 Å². The first-order chi connectivity index (χ1) is 9.73. The first-order valence-electron chi connectivity index (χ1n) is 6.53. The lowest BCUT2D eigenvalue weighted by Gasteiger charge is -2.36. The standard InChI is InChI=1S/C13H18ClN3O2S2/c1-9-8-17(6-5-16(9)2)21(18,19)12-4-3-10(13(15)20)7-11(12)14/h3-4,7,9H,5-6,8H2,1-2H3,(H2,15,20). The van der Waals surface area contributed by atoms with Gasteiger partial charge >= 0.3 is 0 Å². The normalized spacial score (nSPS) is 21.4. The molecular formula is C13H18ClN3O2S2.